The number of hydrogen-bond donors (Lipinski definition) is 1. The number of furan rings is 1. The summed E-state index contributed by atoms with van der Waals surface area (Å²) in [5.74, 6) is 1.93. The zero-order chi connectivity index (χ0) is 15.6. The smallest absolute Gasteiger partial charge is 0.275 e. The molecule has 0 fully saturated rings. The Morgan fingerprint density at radius 2 is 1.90 bits per heavy atom. The molecule has 0 saturated carbocycles. The van der Waals surface area contributed by atoms with Gasteiger partial charge in [0.25, 0.3) is 10.0 Å². The van der Waals surface area contributed by atoms with E-state index in [1.165, 1.54) is 20.2 Å². The maximum atomic E-state index is 11.9. The van der Waals surface area contributed by atoms with Crippen LogP contribution in [0.25, 0.3) is 0 Å². The van der Waals surface area contributed by atoms with Crippen LogP contribution in [0, 0.1) is 13.8 Å². The summed E-state index contributed by atoms with van der Waals surface area (Å²) in [6.07, 6.45) is 0. The van der Waals surface area contributed by atoms with Gasteiger partial charge in [-0.2, -0.15) is 0 Å². The maximum absolute atomic E-state index is 11.9. The lowest BCUT2D eigenvalue weighted by atomic mass is 10.4. The van der Waals surface area contributed by atoms with Crippen LogP contribution in [0.2, 0.25) is 0 Å². The molecular formula is C13H19N3O4S. The van der Waals surface area contributed by atoms with Gasteiger partial charge in [0, 0.05) is 14.1 Å². The van der Waals surface area contributed by atoms with Gasteiger partial charge in [0.1, 0.15) is 11.5 Å². The zero-order valence-corrected chi connectivity index (χ0v) is 13.3. The van der Waals surface area contributed by atoms with E-state index < -0.39 is 10.0 Å². The van der Waals surface area contributed by atoms with Crippen molar-refractivity contribution >= 4 is 10.0 Å². The molecule has 21 heavy (non-hydrogen) atoms. The number of aromatic nitrogens is 1. The normalized spacial score (nSPS) is 12.2. The molecule has 0 radical (unpaired) electrons. The second kappa shape index (κ2) is 6.00. The highest BCUT2D eigenvalue weighted by molar-refractivity contribution is 7.88. The van der Waals surface area contributed by atoms with Gasteiger partial charge in [0.2, 0.25) is 11.0 Å². The van der Waals surface area contributed by atoms with Crippen LogP contribution in [-0.2, 0) is 23.1 Å². The Kier molecular flexibility index (Phi) is 4.50. The van der Waals surface area contributed by atoms with Crippen molar-refractivity contribution in [2.75, 3.05) is 14.1 Å². The van der Waals surface area contributed by atoms with E-state index >= 15 is 0 Å². The fourth-order valence-electron chi connectivity index (χ4n) is 1.68. The number of nitrogens with one attached hydrogen (secondary N) is 1. The molecule has 2 aromatic rings. The average molecular weight is 313 g/mol. The predicted molar refractivity (Wildman–Crippen MR) is 76.1 cm³/mol. The van der Waals surface area contributed by atoms with Crippen molar-refractivity contribution in [1.82, 2.24) is 14.6 Å². The second-order valence-electron chi connectivity index (χ2n) is 4.86. The average Bonchev–Trinajstić information content (AvgIpc) is 2.98. The Balaban J connectivity index is 1.94. The van der Waals surface area contributed by atoms with Crippen molar-refractivity contribution in [3.8, 4) is 0 Å². The lowest BCUT2D eigenvalue weighted by Crippen LogP contribution is -2.21. The summed E-state index contributed by atoms with van der Waals surface area (Å²) in [5.41, 5.74) is 0.865. The van der Waals surface area contributed by atoms with E-state index in [1.807, 2.05) is 13.8 Å². The van der Waals surface area contributed by atoms with Crippen LogP contribution in [0.5, 0.6) is 0 Å². The number of sulfonamides is 1. The Hall–Kier alpha value is -1.64. The van der Waals surface area contributed by atoms with E-state index in [1.54, 1.807) is 6.07 Å². The van der Waals surface area contributed by atoms with Gasteiger partial charge in [0.05, 0.1) is 18.8 Å². The van der Waals surface area contributed by atoms with Crippen LogP contribution in [0.1, 0.15) is 23.1 Å². The molecule has 2 aromatic heterocycles. The quantitative estimate of drug-likeness (QED) is 0.868. The topological polar surface area (TPSA) is 88.6 Å². The third kappa shape index (κ3) is 3.52. The Bertz CT molecular complexity index is 696. The minimum atomic E-state index is -3.53. The molecule has 0 unspecified atom stereocenters. The van der Waals surface area contributed by atoms with Crippen LogP contribution >= 0.6 is 0 Å². The highest BCUT2D eigenvalue weighted by atomic mass is 32.2. The van der Waals surface area contributed by atoms with E-state index in [0.717, 1.165) is 15.8 Å². The third-order valence-electron chi connectivity index (χ3n) is 3.02. The monoisotopic (exact) mass is 313 g/mol. The summed E-state index contributed by atoms with van der Waals surface area (Å²) in [4.78, 5) is 4.25. The molecule has 2 heterocycles. The number of rotatable bonds is 6. The van der Waals surface area contributed by atoms with E-state index in [9.17, 15) is 8.42 Å². The first-order valence-electron chi connectivity index (χ1n) is 6.45. The van der Waals surface area contributed by atoms with Crippen LogP contribution in [0.4, 0.5) is 0 Å². The van der Waals surface area contributed by atoms with Crippen molar-refractivity contribution in [2.45, 2.75) is 32.0 Å². The maximum Gasteiger partial charge on any atom is 0.275 e. The number of oxazole rings is 1. The fourth-order valence-corrected chi connectivity index (χ4v) is 2.49. The van der Waals surface area contributed by atoms with E-state index in [0.29, 0.717) is 24.7 Å². The van der Waals surface area contributed by atoms with Crippen molar-refractivity contribution in [2.24, 2.45) is 0 Å². The van der Waals surface area contributed by atoms with Crippen LogP contribution < -0.4 is 5.32 Å². The molecule has 0 amide bonds. The first-order chi connectivity index (χ1) is 9.80. The van der Waals surface area contributed by atoms with Gasteiger partial charge >= 0.3 is 0 Å². The molecule has 8 heteroatoms. The van der Waals surface area contributed by atoms with E-state index in [-0.39, 0.29) is 5.09 Å². The van der Waals surface area contributed by atoms with Gasteiger partial charge in [-0.05, 0) is 26.0 Å². The zero-order valence-electron chi connectivity index (χ0n) is 12.5. The number of hydrogen-bond acceptors (Lipinski definition) is 6. The summed E-state index contributed by atoms with van der Waals surface area (Å²) in [5, 5.41) is 3.03. The molecule has 0 aliphatic rings. The first-order valence-corrected chi connectivity index (χ1v) is 7.89. The lowest BCUT2D eigenvalue weighted by Gasteiger charge is -2.07. The fraction of sp³-hybridized carbons (Fsp3) is 0.462. The summed E-state index contributed by atoms with van der Waals surface area (Å²) < 4.78 is 35.6. The molecule has 1 N–H and O–H groups in total. The summed E-state index contributed by atoms with van der Waals surface area (Å²) >= 11 is 0. The second-order valence-corrected chi connectivity index (χ2v) is 6.94. The molecule has 0 aromatic carbocycles. The van der Waals surface area contributed by atoms with Crippen molar-refractivity contribution in [1.29, 1.82) is 0 Å². The summed E-state index contributed by atoms with van der Waals surface area (Å²) in [6.45, 7) is 4.58. The molecule has 0 spiro atoms. The van der Waals surface area contributed by atoms with Crippen molar-refractivity contribution in [3.63, 3.8) is 0 Å². The third-order valence-corrected chi connectivity index (χ3v) is 4.71. The molecule has 116 valence electrons. The van der Waals surface area contributed by atoms with Crippen molar-refractivity contribution in [3.05, 3.63) is 35.2 Å². The molecule has 0 atom stereocenters. The predicted octanol–water partition coefficient (Wildman–Crippen LogP) is 1.42. The standard InChI is InChI=1S/C13H19N3O4S/c1-9-10(2)19-12(15-9)8-14-7-11-5-6-13(20-11)21(17,18)16(3)4/h5-6,14H,7-8H2,1-4H3. The highest BCUT2D eigenvalue weighted by Gasteiger charge is 2.21. The Morgan fingerprint density at radius 3 is 2.48 bits per heavy atom. The van der Waals surface area contributed by atoms with Crippen LogP contribution in [0.3, 0.4) is 0 Å². The molecule has 0 aliphatic carbocycles. The number of aryl methyl sites for hydroxylation is 2. The minimum Gasteiger partial charge on any atom is -0.447 e. The molecular weight excluding hydrogens is 294 g/mol. The van der Waals surface area contributed by atoms with E-state index in [2.05, 4.69) is 10.3 Å². The van der Waals surface area contributed by atoms with E-state index in [4.69, 9.17) is 8.83 Å². The van der Waals surface area contributed by atoms with Crippen molar-refractivity contribution < 1.29 is 17.3 Å². The Morgan fingerprint density at radius 1 is 1.19 bits per heavy atom. The van der Waals surface area contributed by atoms with Gasteiger partial charge < -0.3 is 14.2 Å². The minimum absolute atomic E-state index is 0.0629. The largest absolute Gasteiger partial charge is 0.447 e. The first kappa shape index (κ1) is 15.7. The van der Waals surface area contributed by atoms with Gasteiger partial charge in [-0.1, -0.05) is 0 Å². The SMILES string of the molecule is Cc1nc(CNCc2ccc(S(=O)(=O)N(C)C)o2)oc1C. The van der Waals surface area contributed by atoms with Gasteiger partial charge in [-0.25, -0.2) is 17.7 Å². The lowest BCUT2D eigenvalue weighted by molar-refractivity contribution is 0.381. The van der Waals surface area contributed by atoms with Gasteiger partial charge in [0.15, 0.2) is 0 Å². The summed E-state index contributed by atoms with van der Waals surface area (Å²) in [7, 11) is -0.605. The van der Waals surface area contributed by atoms with Gasteiger partial charge in [-0.3, -0.25) is 0 Å². The number of nitrogens with zero attached hydrogens (tertiary/aromatic N) is 2. The molecule has 0 bridgehead atoms. The van der Waals surface area contributed by atoms with Gasteiger partial charge in [-0.15, -0.1) is 0 Å². The molecule has 0 aliphatic heterocycles. The van der Waals surface area contributed by atoms with Crippen LogP contribution in [-0.4, -0.2) is 31.8 Å². The highest BCUT2D eigenvalue weighted by Crippen LogP contribution is 2.17. The molecule has 0 saturated heterocycles. The Labute approximate surface area is 124 Å². The molecule has 2 rings (SSSR count). The van der Waals surface area contributed by atoms with Crippen LogP contribution in [0.15, 0.2) is 26.1 Å². The summed E-state index contributed by atoms with van der Waals surface area (Å²) in [6, 6.07) is 3.08. The molecule has 7 nitrogen and oxygen atoms in total.